The smallest absolute Gasteiger partial charge is 0.278 e. The first-order valence-corrected chi connectivity index (χ1v) is 11.3. The highest BCUT2D eigenvalue weighted by atomic mass is 35.5. The van der Waals surface area contributed by atoms with E-state index in [1.807, 2.05) is 37.3 Å². The highest BCUT2D eigenvalue weighted by Gasteiger charge is 2.38. The van der Waals surface area contributed by atoms with Crippen molar-refractivity contribution in [2.45, 2.75) is 25.8 Å². The van der Waals surface area contributed by atoms with Gasteiger partial charge in [-0.3, -0.25) is 19.3 Å². The topological polar surface area (TPSA) is 103 Å². The second-order valence-corrected chi connectivity index (χ2v) is 8.60. The Morgan fingerprint density at radius 3 is 2.62 bits per heavy atom. The molecule has 2 aromatic carbocycles. The summed E-state index contributed by atoms with van der Waals surface area (Å²) in [6.45, 7) is 1.86. The van der Waals surface area contributed by atoms with Gasteiger partial charge < -0.3 is 10.6 Å². The largest absolute Gasteiger partial charge is 0.347 e. The summed E-state index contributed by atoms with van der Waals surface area (Å²) in [4.78, 5) is 40.2. The summed E-state index contributed by atoms with van der Waals surface area (Å²) < 4.78 is 0. The quantitative estimate of drug-likeness (QED) is 0.332. The van der Waals surface area contributed by atoms with Crippen molar-refractivity contribution >= 4 is 52.8 Å². The fraction of sp³-hybridized carbons (Fsp3) is 0.167. The van der Waals surface area contributed by atoms with E-state index in [1.165, 1.54) is 17.3 Å². The molecule has 0 radical (unpaired) electrons. The van der Waals surface area contributed by atoms with Gasteiger partial charge in [-0.05, 0) is 43.5 Å². The first-order chi connectivity index (χ1) is 16.3. The first-order valence-electron chi connectivity index (χ1n) is 10.5. The Morgan fingerprint density at radius 1 is 1.12 bits per heavy atom. The van der Waals surface area contributed by atoms with Gasteiger partial charge in [0.1, 0.15) is 11.4 Å². The molecule has 2 aliphatic heterocycles. The summed E-state index contributed by atoms with van der Waals surface area (Å²) in [5, 5.41) is 10.4. The molecule has 1 atom stereocenters. The fourth-order valence-corrected chi connectivity index (χ4v) is 3.98. The molecule has 0 aliphatic carbocycles. The summed E-state index contributed by atoms with van der Waals surface area (Å²) in [7, 11) is 0. The van der Waals surface area contributed by atoms with E-state index < -0.39 is 11.8 Å². The van der Waals surface area contributed by atoms with Crippen LogP contribution in [0.2, 0.25) is 10.0 Å². The van der Waals surface area contributed by atoms with Crippen LogP contribution in [0.25, 0.3) is 0 Å². The molecular weight excluding hydrogens is 477 g/mol. The van der Waals surface area contributed by atoms with Gasteiger partial charge in [0, 0.05) is 17.9 Å². The normalized spacial score (nSPS) is 17.7. The number of rotatable bonds is 5. The van der Waals surface area contributed by atoms with E-state index in [2.05, 4.69) is 21.2 Å². The van der Waals surface area contributed by atoms with Crippen LogP contribution in [0.15, 0.2) is 76.8 Å². The van der Waals surface area contributed by atoms with Crippen LogP contribution in [-0.2, 0) is 14.4 Å². The number of hydrazone groups is 1. The van der Waals surface area contributed by atoms with Crippen molar-refractivity contribution in [3.05, 3.63) is 87.3 Å². The molecule has 2 aliphatic rings. The third-order valence-electron chi connectivity index (χ3n) is 5.46. The number of carbonyl (C=O) groups excluding carboxylic acids is 3. The second kappa shape index (κ2) is 10.1. The predicted molar refractivity (Wildman–Crippen MR) is 131 cm³/mol. The summed E-state index contributed by atoms with van der Waals surface area (Å²) in [6, 6.07) is 13.8. The minimum Gasteiger partial charge on any atom is -0.347 e. The van der Waals surface area contributed by atoms with Crippen LogP contribution in [-0.4, -0.2) is 34.9 Å². The number of hydrogen-bond acceptors (Lipinski definition) is 5. The number of nitrogens with one attached hydrogen (secondary N) is 3. The number of anilines is 1. The Morgan fingerprint density at radius 2 is 1.88 bits per heavy atom. The lowest BCUT2D eigenvalue weighted by molar-refractivity contribution is -0.131. The standard InChI is InChI=1S/C24H21Cl2N5O3/c1-14-7-9-17(22(32)29-16-8-10-19(25)20(26)11-16)21-27-13-18(24(34)31(14)21)23(33)30-28-12-15-5-3-2-4-6-15/h2-6,8,10-14,27H,7,9H2,1H3,(H,29,32)(H,30,33)/b28-12+. The SMILES string of the molecule is CC1CCC(C(=O)Nc2ccc(Cl)c(Cl)c2)=C2NC=C(C(=O)N/N=C/c3ccccc3)C(=O)N21. The van der Waals surface area contributed by atoms with Gasteiger partial charge >= 0.3 is 0 Å². The summed E-state index contributed by atoms with van der Waals surface area (Å²) in [5.41, 5.74) is 3.95. The van der Waals surface area contributed by atoms with Gasteiger partial charge in [0.2, 0.25) is 0 Å². The molecular formula is C24H21Cl2N5O3. The molecule has 34 heavy (non-hydrogen) atoms. The Labute approximate surface area is 206 Å². The van der Waals surface area contributed by atoms with Gasteiger partial charge in [-0.25, -0.2) is 5.43 Å². The van der Waals surface area contributed by atoms with Crippen molar-refractivity contribution in [3.8, 4) is 0 Å². The average Bonchev–Trinajstić information content (AvgIpc) is 2.82. The van der Waals surface area contributed by atoms with Crippen molar-refractivity contribution < 1.29 is 14.4 Å². The molecule has 1 unspecified atom stereocenters. The zero-order chi connectivity index (χ0) is 24.2. The number of nitrogens with zero attached hydrogens (tertiary/aromatic N) is 2. The lowest BCUT2D eigenvalue weighted by Gasteiger charge is -2.39. The van der Waals surface area contributed by atoms with E-state index in [-0.39, 0.29) is 17.5 Å². The molecule has 0 bridgehead atoms. The van der Waals surface area contributed by atoms with Crippen molar-refractivity contribution in [2.75, 3.05) is 5.32 Å². The molecule has 10 heteroatoms. The molecule has 3 N–H and O–H groups in total. The zero-order valence-electron chi connectivity index (χ0n) is 18.1. The third-order valence-corrected chi connectivity index (χ3v) is 6.20. The Bertz CT molecular complexity index is 1240. The van der Waals surface area contributed by atoms with Crippen LogP contribution < -0.4 is 16.1 Å². The first kappa shape index (κ1) is 23.5. The molecule has 0 aromatic heterocycles. The van der Waals surface area contributed by atoms with Crippen molar-refractivity contribution in [3.63, 3.8) is 0 Å². The predicted octanol–water partition coefficient (Wildman–Crippen LogP) is 3.79. The molecule has 3 amide bonds. The van der Waals surface area contributed by atoms with Crippen LogP contribution >= 0.6 is 23.2 Å². The Kier molecular flexibility index (Phi) is 7.00. The number of benzene rings is 2. The molecule has 0 fully saturated rings. The third kappa shape index (κ3) is 4.98. The van der Waals surface area contributed by atoms with E-state index in [4.69, 9.17) is 23.2 Å². The number of hydrogen-bond donors (Lipinski definition) is 3. The van der Waals surface area contributed by atoms with Gasteiger partial charge in [-0.1, -0.05) is 53.5 Å². The zero-order valence-corrected chi connectivity index (χ0v) is 19.7. The second-order valence-electron chi connectivity index (χ2n) is 7.79. The van der Waals surface area contributed by atoms with E-state index in [0.717, 1.165) is 5.56 Å². The average molecular weight is 498 g/mol. The molecule has 2 aromatic rings. The maximum atomic E-state index is 13.2. The summed E-state index contributed by atoms with van der Waals surface area (Å²) >= 11 is 12.0. The fourth-order valence-electron chi connectivity index (χ4n) is 3.69. The van der Waals surface area contributed by atoms with Crippen LogP contribution in [0, 0.1) is 0 Å². The molecule has 0 saturated heterocycles. The highest BCUT2D eigenvalue weighted by Crippen LogP contribution is 2.31. The number of carbonyl (C=O) groups is 3. The minimum atomic E-state index is -0.650. The van der Waals surface area contributed by atoms with Crippen molar-refractivity contribution in [2.24, 2.45) is 5.10 Å². The lowest BCUT2D eigenvalue weighted by Crippen LogP contribution is -2.51. The van der Waals surface area contributed by atoms with Gasteiger partial charge in [0.25, 0.3) is 17.7 Å². The number of amides is 3. The van der Waals surface area contributed by atoms with Crippen LogP contribution in [0.5, 0.6) is 0 Å². The molecule has 4 rings (SSSR count). The molecule has 0 spiro atoms. The number of fused-ring (bicyclic) bond motifs is 1. The molecule has 174 valence electrons. The molecule has 2 heterocycles. The van der Waals surface area contributed by atoms with Crippen LogP contribution in [0.1, 0.15) is 25.3 Å². The maximum absolute atomic E-state index is 13.2. The lowest BCUT2D eigenvalue weighted by atomic mass is 9.96. The van der Waals surface area contributed by atoms with Gasteiger partial charge in [0.05, 0.1) is 21.8 Å². The minimum absolute atomic E-state index is 0.105. The highest BCUT2D eigenvalue weighted by molar-refractivity contribution is 6.42. The van der Waals surface area contributed by atoms with Gasteiger partial charge in [-0.15, -0.1) is 0 Å². The molecule has 8 nitrogen and oxygen atoms in total. The van der Waals surface area contributed by atoms with Gasteiger partial charge in [-0.2, -0.15) is 5.10 Å². The number of halogens is 2. The monoisotopic (exact) mass is 497 g/mol. The van der Waals surface area contributed by atoms with Gasteiger partial charge in [0.15, 0.2) is 0 Å². The van der Waals surface area contributed by atoms with E-state index >= 15 is 0 Å². The van der Waals surface area contributed by atoms with E-state index in [1.54, 1.807) is 18.2 Å². The summed E-state index contributed by atoms with van der Waals surface area (Å²) in [6.07, 6.45) is 3.80. The van der Waals surface area contributed by atoms with Crippen LogP contribution in [0.4, 0.5) is 5.69 Å². The van der Waals surface area contributed by atoms with E-state index in [0.29, 0.717) is 40.0 Å². The van der Waals surface area contributed by atoms with E-state index in [9.17, 15) is 14.4 Å². The van der Waals surface area contributed by atoms with Crippen molar-refractivity contribution in [1.29, 1.82) is 0 Å². The maximum Gasteiger partial charge on any atom is 0.278 e. The summed E-state index contributed by atoms with van der Waals surface area (Å²) in [5.74, 6) is -1.18. The Balaban J connectivity index is 1.53. The van der Waals surface area contributed by atoms with Crippen LogP contribution in [0.3, 0.4) is 0 Å². The molecule has 0 saturated carbocycles. The Hall–Kier alpha value is -3.62. The van der Waals surface area contributed by atoms with Crippen molar-refractivity contribution in [1.82, 2.24) is 15.6 Å².